The minimum Gasteiger partial charge on any atom is -0.376 e. The van der Waals surface area contributed by atoms with Gasteiger partial charge in [-0.05, 0) is 43.6 Å². The smallest absolute Gasteiger partial charge is 0.173 e. The minimum absolute atomic E-state index is 0.323. The van der Waals surface area contributed by atoms with E-state index in [0.29, 0.717) is 6.10 Å². The van der Waals surface area contributed by atoms with Crippen LogP contribution in [0, 0.1) is 0 Å². The van der Waals surface area contributed by atoms with E-state index in [4.69, 9.17) is 17.0 Å². The largest absolute Gasteiger partial charge is 0.376 e. The SMILES string of the molecule is CCCOC1CCCN(C(=S)Nc2ccccc2)C1. The van der Waals surface area contributed by atoms with Crippen LogP contribution in [0.4, 0.5) is 5.69 Å². The van der Waals surface area contributed by atoms with E-state index in [1.807, 2.05) is 30.3 Å². The second kappa shape index (κ2) is 7.46. The van der Waals surface area contributed by atoms with Crippen LogP contribution in [0.2, 0.25) is 0 Å². The lowest BCUT2D eigenvalue weighted by atomic mass is 10.1. The summed E-state index contributed by atoms with van der Waals surface area (Å²) in [5, 5.41) is 4.09. The van der Waals surface area contributed by atoms with Gasteiger partial charge < -0.3 is 15.0 Å². The average Bonchev–Trinajstić information content (AvgIpc) is 2.46. The van der Waals surface area contributed by atoms with Crippen molar-refractivity contribution in [2.45, 2.75) is 32.3 Å². The van der Waals surface area contributed by atoms with Gasteiger partial charge in [-0.1, -0.05) is 25.1 Å². The maximum atomic E-state index is 5.83. The van der Waals surface area contributed by atoms with Gasteiger partial charge in [-0.2, -0.15) is 0 Å². The van der Waals surface area contributed by atoms with Gasteiger partial charge in [-0.15, -0.1) is 0 Å². The van der Waals surface area contributed by atoms with Crippen molar-refractivity contribution in [3.05, 3.63) is 30.3 Å². The fourth-order valence-electron chi connectivity index (χ4n) is 2.27. The molecule has 19 heavy (non-hydrogen) atoms. The molecule has 1 aliphatic heterocycles. The monoisotopic (exact) mass is 278 g/mol. The van der Waals surface area contributed by atoms with E-state index in [1.54, 1.807) is 0 Å². The molecular weight excluding hydrogens is 256 g/mol. The van der Waals surface area contributed by atoms with Gasteiger partial charge in [0.1, 0.15) is 0 Å². The summed E-state index contributed by atoms with van der Waals surface area (Å²) in [6.07, 6.45) is 3.68. The fourth-order valence-corrected chi connectivity index (χ4v) is 2.55. The topological polar surface area (TPSA) is 24.5 Å². The molecule has 4 heteroatoms. The fraction of sp³-hybridized carbons (Fsp3) is 0.533. The van der Waals surface area contributed by atoms with Gasteiger partial charge in [0.05, 0.1) is 6.10 Å². The molecule has 1 aromatic rings. The Morgan fingerprint density at radius 1 is 1.42 bits per heavy atom. The van der Waals surface area contributed by atoms with Crippen molar-refractivity contribution >= 4 is 23.0 Å². The lowest BCUT2D eigenvalue weighted by Crippen LogP contribution is -2.45. The van der Waals surface area contributed by atoms with E-state index in [-0.39, 0.29) is 0 Å². The van der Waals surface area contributed by atoms with Crippen LogP contribution in [0.25, 0.3) is 0 Å². The van der Waals surface area contributed by atoms with Gasteiger partial charge in [-0.3, -0.25) is 0 Å². The summed E-state index contributed by atoms with van der Waals surface area (Å²) < 4.78 is 5.83. The zero-order valence-corrected chi connectivity index (χ0v) is 12.3. The Balaban J connectivity index is 1.85. The highest BCUT2D eigenvalue weighted by Gasteiger charge is 2.21. The number of ether oxygens (including phenoxy) is 1. The molecule has 1 aromatic carbocycles. The van der Waals surface area contributed by atoms with Crippen molar-refractivity contribution in [3.8, 4) is 0 Å². The first-order chi connectivity index (χ1) is 9.29. The number of nitrogens with one attached hydrogen (secondary N) is 1. The molecule has 1 saturated heterocycles. The standard InChI is InChI=1S/C15H22N2OS/c1-2-11-18-14-9-6-10-17(12-14)15(19)16-13-7-4-3-5-8-13/h3-5,7-8,14H,2,6,9-12H2,1H3,(H,16,19). The van der Waals surface area contributed by atoms with E-state index < -0.39 is 0 Å². The molecule has 1 atom stereocenters. The normalized spacial score (nSPS) is 19.2. The lowest BCUT2D eigenvalue weighted by molar-refractivity contribution is 0.0171. The summed E-state index contributed by atoms with van der Waals surface area (Å²) in [5.41, 5.74) is 1.05. The number of para-hydroxylation sites is 1. The van der Waals surface area contributed by atoms with Crippen molar-refractivity contribution in [3.63, 3.8) is 0 Å². The maximum absolute atomic E-state index is 5.83. The zero-order chi connectivity index (χ0) is 13.5. The molecule has 0 saturated carbocycles. The predicted molar refractivity (Wildman–Crippen MR) is 83.5 cm³/mol. The summed E-state index contributed by atoms with van der Waals surface area (Å²) in [6, 6.07) is 10.1. The zero-order valence-electron chi connectivity index (χ0n) is 11.5. The van der Waals surface area contributed by atoms with E-state index in [0.717, 1.165) is 49.8 Å². The average molecular weight is 278 g/mol. The Hall–Kier alpha value is -1.13. The molecule has 0 amide bonds. The third-order valence-corrected chi connectivity index (χ3v) is 3.61. The summed E-state index contributed by atoms with van der Waals surface area (Å²) in [4.78, 5) is 2.21. The number of benzene rings is 1. The second-order valence-electron chi connectivity index (χ2n) is 4.88. The molecule has 2 rings (SSSR count). The van der Waals surface area contributed by atoms with Crippen LogP contribution in [0.5, 0.6) is 0 Å². The van der Waals surface area contributed by atoms with Crippen molar-refractivity contribution < 1.29 is 4.74 Å². The van der Waals surface area contributed by atoms with Gasteiger partial charge in [0.2, 0.25) is 0 Å². The van der Waals surface area contributed by atoms with Crippen LogP contribution < -0.4 is 5.32 Å². The van der Waals surface area contributed by atoms with Gasteiger partial charge in [0.25, 0.3) is 0 Å². The van der Waals surface area contributed by atoms with Crippen LogP contribution in [0.3, 0.4) is 0 Å². The van der Waals surface area contributed by atoms with Crippen molar-refractivity contribution in [1.82, 2.24) is 4.90 Å². The molecule has 1 N–H and O–H groups in total. The van der Waals surface area contributed by atoms with Gasteiger partial charge in [0, 0.05) is 25.4 Å². The summed E-state index contributed by atoms with van der Waals surface area (Å²) in [5.74, 6) is 0. The summed E-state index contributed by atoms with van der Waals surface area (Å²) in [7, 11) is 0. The molecule has 0 spiro atoms. The molecule has 1 fully saturated rings. The van der Waals surface area contributed by atoms with E-state index >= 15 is 0 Å². The van der Waals surface area contributed by atoms with Crippen LogP contribution >= 0.6 is 12.2 Å². The molecule has 1 aliphatic rings. The number of piperidine rings is 1. The Kier molecular flexibility index (Phi) is 5.61. The Labute approximate surface area is 120 Å². The van der Waals surface area contributed by atoms with Crippen LogP contribution in [-0.4, -0.2) is 35.8 Å². The molecule has 1 unspecified atom stereocenters. The third-order valence-electron chi connectivity index (χ3n) is 3.25. The molecular formula is C15H22N2OS. The predicted octanol–water partition coefficient (Wildman–Crippen LogP) is 3.27. The van der Waals surface area contributed by atoms with E-state index in [2.05, 4.69) is 17.1 Å². The van der Waals surface area contributed by atoms with Crippen LogP contribution in [0.1, 0.15) is 26.2 Å². The molecule has 1 heterocycles. The Bertz CT molecular complexity index is 396. The highest BCUT2D eigenvalue weighted by molar-refractivity contribution is 7.80. The maximum Gasteiger partial charge on any atom is 0.173 e. The van der Waals surface area contributed by atoms with Crippen LogP contribution in [0.15, 0.2) is 30.3 Å². The summed E-state index contributed by atoms with van der Waals surface area (Å²) >= 11 is 5.48. The lowest BCUT2D eigenvalue weighted by Gasteiger charge is -2.34. The van der Waals surface area contributed by atoms with Crippen molar-refractivity contribution in [2.24, 2.45) is 0 Å². The Morgan fingerprint density at radius 2 is 2.21 bits per heavy atom. The van der Waals surface area contributed by atoms with Gasteiger partial charge >= 0.3 is 0 Å². The highest BCUT2D eigenvalue weighted by Crippen LogP contribution is 2.15. The number of rotatable bonds is 4. The molecule has 0 aliphatic carbocycles. The van der Waals surface area contributed by atoms with Gasteiger partial charge in [-0.25, -0.2) is 0 Å². The first-order valence-electron chi connectivity index (χ1n) is 7.02. The second-order valence-corrected chi connectivity index (χ2v) is 5.26. The number of hydrogen-bond donors (Lipinski definition) is 1. The van der Waals surface area contributed by atoms with E-state index in [9.17, 15) is 0 Å². The first kappa shape index (κ1) is 14.3. The highest BCUT2D eigenvalue weighted by atomic mass is 32.1. The number of likely N-dealkylation sites (tertiary alicyclic amines) is 1. The van der Waals surface area contributed by atoms with Crippen molar-refractivity contribution in [1.29, 1.82) is 0 Å². The van der Waals surface area contributed by atoms with Crippen LogP contribution in [-0.2, 0) is 4.74 Å². The molecule has 0 bridgehead atoms. The summed E-state index contributed by atoms with van der Waals surface area (Å²) in [6.45, 7) is 4.91. The number of thiocarbonyl (C=S) groups is 1. The third kappa shape index (κ3) is 4.48. The van der Waals surface area contributed by atoms with Gasteiger partial charge in [0.15, 0.2) is 5.11 Å². The molecule has 3 nitrogen and oxygen atoms in total. The number of anilines is 1. The minimum atomic E-state index is 0.323. The first-order valence-corrected chi connectivity index (χ1v) is 7.43. The molecule has 0 aromatic heterocycles. The quantitative estimate of drug-likeness (QED) is 0.854. The number of nitrogens with zero attached hydrogens (tertiary/aromatic N) is 1. The van der Waals surface area contributed by atoms with Crippen molar-refractivity contribution in [2.75, 3.05) is 25.0 Å². The number of hydrogen-bond acceptors (Lipinski definition) is 2. The molecule has 104 valence electrons. The molecule has 0 radical (unpaired) electrons. The Morgan fingerprint density at radius 3 is 2.95 bits per heavy atom. The van der Waals surface area contributed by atoms with E-state index in [1.165, 1.54) is 0 Å².